The van der Waals surface area contributed by atoms with Crippen molar-refractivity contribution in [2.75, 3.05) is 0 Å². The third-order valence-corrected chi connectivity index (χ3v) is 3.21. The van der Waals surface area contributed by atoms with Crippen molar-refractivity contribution in [1.82, 2.24) is 9.97 Å². The minimum absolute atomic E-state index is 0.0245. The van der Waals surface area contributed by atoms with Gasteiger partial charge in [-0.15, -0.1) is 0 Å². The molecule has 0 bridgehead atoms. The van der Waals surface area contributed by atoms with Crippen LogP contribution in [0.25, 0.3) is 11.1 Å². The van der Waals surface area contributed by atoms with Crippen LogP contribution in [0.5, 0.6) is 5.75 Å². The lowest BCUT2D eigenvalue weighted by atomic mass is 10.0. The van der Waals surface area contributed by atoms with Gasteiger partial charge in [0.05, 0.1) is 0 Å². The summed E-state index contributed by atoms with van der Waals surface area (Å²) in [5, 5.41) is 10.2. The Morgan fingerprint density at radius 3 is 2.47 bits per heavy atom. The van der Waals surface area contributed by atoms with E-state index < -0.39 is 0 Å². The van der Waals surface area contributed by atoms with Crippen LogP contribution in [0.2, 0.25) is 10.3 Å². The molecule has 2 rings (SSSR count). The molecular formula is C12H10Cl2N2O. The second kappa shape index (κ2) is 4.51. The van der Waals surface area contributed by atoms with E-state index in [0.717, 1.165) is 16.7 Å². The maximum absolute atomic E-state index is 9.77. The number of hydrogen-bond donors (Lipinski definition) is 1. The monoisotopic (exact) mass is 268 g/mol. The first kappa shape index (κ1) is 12.1. The van der Waals surface area contributed by atoms with E-state index in [1.807, 2.05) is 13.0 Å². The molecule has 5 heteroatoms. The van der Waals surface area contributed by atoms with Gasteiger partial charge >= 0.3 is 0 Å². The summed E-state index contributed by atoms with van der Waals surface area (Å²) in [6.07, 6.45) is 3.23. The van der Waals surface area contributed by atoms with Crippen molar-refractivity contribution in [3.63, 3.8) is 0 Å². The molecule has 0 saturated carbocycles. The number of halogens is 2. The van der Waals surface area contributed by atoms with Crippen molar-refractivity contribution in [3.8, 4) is 16.9 Å². The van der Waals surface area contributed by atoms with Crippen molar-refractivity contribution in [1.29, 1.82) is 0 Å². The number of aromatic nitrogens is 2. The van der Waals surface area contributed by atoms with Gasteiger partial charge in [0.2, 0.25) is 0 Å². The molecule has 17 heavy (non-hydrogen) atoms. The second-order valence-electron chi connectivity index (χ2n) is 3.73. The molecule has 0 radical (unpaired) electrons. The first-order valence-electron chi connectivity index (χ1n) is 4.98. The molecule has 0 spiro atoms. The molecule has 88 valence electrons. The van der Waals surface area contributed by atoms with Crippen molar-refractivity contribution >= 4 is 23.2 Å². The van der Waals surface area contributed by atoms with Crippen molar-refractivity contribution in [3.05, 3.63) is 39.9 Å². The Hall–Kier alpha value is -1.32. The normalized spacial score (nSPS) is 10.6. The number of aromatic hydroxyl groups is 1. The van der Waals surface area contributed by atoms with E-state index in [-0.39, 0.29) is 10.9 Å². The molecule has 2 aromatic heterocycles. The third kappa shape index (κ3) is 2.08. The Morgan fingerprint density at radius 2 is 1.82 bits per heavy atom. The van der Waals surface area contributed by atoms with Crippen LogP contribution in [0.15, 0.2) is 18.5 Å². The van der Waals surface area contributed by atoms with E-state index in [0.29, 0.717) is 10.7 Å². The Balaban J connectivity index is 2.74. The summed E-state index contributed by atoms with van der Waals surface area (Å²) in [5.41, 5.74) is 3.12. The highest BCUT2D eigenvalue weighted by molar-refractivity contribution is 6.32. The molecule has 2 aromatic rings. The summed E-state index contributed by atoms with van der Waals surface area (Å²) in [7, 11) is 0. The molecule has 2 heterocycles. The van der Waals surface area contributed by atoms with E-state index in [1.54, 1.807) is 19.3 Å². The summed E-state index contributed by atoms with van der Waals surface area (Å²) >= 11 is 11.8. The average Bonchev–Trinajstić information content (AvgIpc) is 2.29. The lowest BCUT2D eigenvalue weighted by Gasteiger charge is -2.11. The Labute approximate surface area is 109 Å². The first-order chi connectivity index (χ1) is 8.02. The first-order valence-corrected chi connectivity index (χ1v) is 5.73. The zero-order valence-electron chi connectivity index (χ0n) is 9.33. The lowest BCUT2D eigenvalue weighted by Crippen LogP contribution is -1.93. The van der Waals surface area contributed by atoms with Crippen LogP contribution in [-0.4, -0.2) is 15.1 Å². The predicted molar refractivity (Wildman–Crippen MR) is 68.6 cm³/mol. The molecule has 0 amide bonds. The quantitative estimate of drug-likeness (QED) is 0.801. The molecule has 0 unspecified atom stereocenters. The summed E-state index contributed by atoms with van der Waals surface area (Å²) < 4.78 is 0. The zero-order valence-corrected chi connectivity index (χ0v) is 10.8. The SMILES string of the molecule is Cc1ccnc(Cl)c1-c1cnc(Cl)c(O)c1C. The molecule has 0 saturated heterocycles. The van der Waals surface area contributed by atoms with Crippen LogP contribution in [0, 0.1) is 13.8 Å². The molecule has 0 aliphatic rings. The second-order valence-corrected chi connectivity index (χ2v) is 4.45. The van der Waals surface area contributed by atoms with Crippen LogP contribution in [-0.2, 0) is 0 Å². The highest BCUT2D eigenvalue weighted by atomic mass is 35.5. The van der Waals surface area contributed by atoms with Crippen LogP contribution in [0.4, 0.5) is 0 Å². The van der Waals surface area contributed by atoms with Gasteiger partial charge in [-0.25, -0.2) is 9.97 Å². The molecule has 0 fully saturated rings. The number of aryl methyl sites for hydroxylation is 1. The predicted octanol–water partition coefficient (Wildman–Crippen LogP) is 3.77. The average molecular weight is 269 g/mol. The largest absolute Gasteiger partial charge is 0.504 e. The van der Waals surface area contributed by atoms with Gasteiger partial charge in [-0.2, -0.15) is 0 Å². The number of hydrogen-bond acceptors (Lipinski definition) is 3. The van der Waals surface area contributed by atoms with Gasteiger partial charge in [-0.3, -0.25) is 0 Å². The fourth-order valence-corrected chi connectivity index (χ4v) is 2.16. The van der Waals surface area contributed by atoms with Crippen molar-refractivity contribution < 1.29 is 5.11 Å². The maximum Gasteiger partial charge on any atom is 0.171 e. The number of pyridine rings is 2. The van der Waals surface area contributed by atoms with Crippen LogP contribution >= 0.6 is 23.2 Å². The zero-order chi connectivity index (χ0) is 12.6. The van der Waals surface area contributed by atoms with E-state index in [9.17, 15) is 5.11 Å². The maximum atomic E-state index is 9.77. The molecule has 0 aliphatic heterocycles. The highest BCUT2D eigenvalue weighted by Gasteiger charge is 2.15. The molecule has 0 aliphatic carbocycles. The van der Waals surface area contributed by atoms with Gasteiger partial charge in [0, 0.05) is 29.1 Å². The van der Waals surface area contributed by atoms with E-state index in [1.165, 1.54) is 0 Å². The molecule has 1 N–H and O–H groups in total. The minimum Gasteiger partial charge on any atom is -0.504 e. The summed E-state index contributed by atoms with van der Waals surface area (Å²) in [6.45, 7) is 3.69. The fraction of sp³-hybridized carbons (Fsp3) is 0.167. The Morgan fingerprint density at radius 1 is 1.12 bits per heavy atom. The molecule has 0 atom stereocenters. The topological polar surface area (TPSA) is 46.0 Å². The van der Waals surface area contributed by atoms with Gasteiger partial charge in [-0.1, -0.05) is 23.2 Å². The summed E-state index contributed by atoms with van der Waals surface area (Å²) in [4.78, 5) is 7.96. The highest BCUT2D eigenvalue weighted by Crippen LogP contribution is 2.36. The molecule has 0 aromatic carbocycles. The smallest absolute Gasteiger partial charge is 0.171 e. The summed E-state index contributed by atoms with van der Waals surface area (Å²) in [6, 6.07) is 1.85. The van der Waals surface area contributed by atoms with Crippen LogP contribution in [0.1, 0.15) is 11.1 Å². The third-order valence-electron chi connectivity index (χ3n) is 2.64. The van der Waals surface area contributed by atoms with Crippen LogP contribution in [0.3, 0.4) is 0 Å². The number of rotatable bonds is 1. The van der Waals surface area contributed by atoms with Crippen molar-refractivity contribution in [2.24, 2.45) is 0 Å². The minimum atomic E-state index is -0.0245. The Bertz CT molecular complexity index is 565. The summed E-state index contributed by atoms with van der Waals surface area (Å²) in [5.74, 6) is -0.0245. The van der Waals surface area contributed by atoms with Gasteiger partial charge < -0.3 is 5.11 Å². The van der Waals surface area contributed by atoms with Gasteiger partial charge in [0.1, 0.15) is 5.15 Å². The van der Waals surface area contributed by atoms with E-state index >= 15 is 0 Å². The fourth-order valence-electron chi connectivity index (χ4n) is 1.66. The standard InChI is InChI=1S/C12H10Cl2N2O/c1-6-3-4-15-11(13)9(6)8-5-16-12(14)10(17)7(8)2/h3-5,17H,1-2H3. The molecular weight excluding hydrogens is 259 g/mol. The number of nitrogens with zero attached hydrogens (tertiary/aromatic N) is 2. The van der Waals surface area contributed by atoms with Gasteiger partial charge in [0.25, 0.3) is 0 Å². The van der Waals surface area contributed by atoms with Crippen molar-refractivity contribution in [2.45, 2.75) is 13.8 Å². The van der Waals surface area contributed by atoms with E-state index in [2.05, 4.69) is 9.97 Å². The molecule has 3 nitrogen and oxygen atoms in total. The van der Waals surface area contributed by atoms with Gasteiger partial charge in [0.15, 0.2) is 10.9 Å². The van der Waals surface area contributed by atoms with Gasteiger partial charge in [-0.05, 0) is 25.5 Å². The van der Waals surface area contributed by atoms with Crippen LogP contribution < -0.4 is 0 Å². The Kier molecular flexibility index (Phi) is 3.22. The van der Waals surface area contributed by atoms with E-state index in [4.69, 9.17) is 23.2 Å². The lowest BCUT2D eigenvalue weighted by molar-refractivity contribution is 0.469.